The largest absolute Gasteiger partial charge is 0.457 e. The third-order valence-electron chi connectivity index (χ3n) is 5.44. The van der Waals surface area contributed by atoms with Crippen LogP contribution in [0.1, 0.15) is 6.42 Å². The molecular weight excluding hydrogens is 451 g/mol. The van der Waals surface area contributed by atoms with E-state index in [0.29, 0.717) is 42.4 Å². The number of halogens is 1. The van der Waals surface area contributed by atoms with Gasteiger partial charge < -0.3 is 20.3 Å². The predicted molar refractivity (Wildman–Crippen MR) is 129 cm³/mol. The van der Waals surface area contributed by atoms with Crippen LogP contribution in [0.3, 0.4) is 0 Å². The van der Waals surface area contributed by atoms with Crippen molar-refractivity contribution in [2.45, 2.75) is 6.42 Å². The zero-order valence-corrected chi connectivity index (χ0v) is 18.5. The number of ketones is 1. The Morgan fingerprint density at radius 2 is 1.97 bits per heavy atom. The second-order valence-corrected chi connectivity index (χ2v) is 7.95. The lowest BCUT2D eigenvalue weighted by Gasteiger charge is -2.17. The van der Waals surface area contributed by atoms with Gasteiger partial charge in [-0.2, -0.15) is 5.10 Å². The van der Waals surface area contributed by atoms with Crippen LogP contribution in [-0.4, -0.2) is 40.1 Å². The zero-order valence-electron chi connectivity index (χ0n) is 18.5. The highest BCUT2D eigenvalue weighted by Gasteiger charge is 2.20. The minimum absolute atomic E-state index is 0.0367. The number of rotatable bonds is 6. The van der Waals surface area contributed by atoms with E-state index in [1.807, 2.05) is 11.0 Å². The Morgan fingerprint density at radius 3 is 2.77 bits per heavy atom. The third kappa shape index (κ3) is 5.27. The van der Waals surface area contributed by atoms with Crippen molar-refractivity contribution in [1.29, 1.82) is 0 Å². The average Bonchev–Trinajstić information content (AvgIpc) is 3.54. The summed E-state index contributed by atoms with van der Waals surface area (Å²) in [6, 6.07) is 14.0. The van der Waals surface area contributed by atoms with Crippen LogP contribution in [-0.2, 0) is 4.79 Å². The molecule has 0 spiro atoms. The van der Waals surface area contributed by atoms with Gasteiger partial charge in [-0.3, -0.25) is 14.9 Å². The number of hydrogen-bond donors (Lipinski definition) is 3. The fourth-order valence-electron chi connectivity index (χ4n) is 3.74. The number of hydrogen-bond acceptors (Lipinski definition) is 6. The molecule has 2 aromatic heterocycles. The van der Waals surface area contributed by atoms with Gasteiger partial charge in [0.15, 0.2) is 5.78 Å². The highest BCUT2D eigenvalue weighted by Crippen LogP contribution is 2.29. The summed E-state index contributed by atoms with van der Waals surface area (Å²) in [6.07, 6.45) is 5.47. The Kier molecular flexibility index (Phi) is 6.08. The first-order valence-electron chi connectivity index (χ1n) is 10.9. The second kappa shape index (κ2) is 9.64. The number of H-pyrrole nitrogens is 1. The molecule has 5 rings (SSSR count). The van der Waals surface area contributed by atoms with Crippen LogP contribution in [0.5, 0.6) is 11.5 Å². The van der Waals surface area contributed by atoms with Gasteiger partial charge in [0.05, 0.1) is 24.1 Å². The molecular formula is C25H21FN6O3. The molecule has 10 heteroatoms. The molecule has 0 atom stereocenters. The van der Waals surface area contributed by atoms with Crippen LogP contribution in [0.2, 0.25) is 0 Å². The summed E-state index contributed by atoms with van der Waals surface area (Å²) in [5.41, 5.74) is 2.79. The van der Waals surface area contributed by atoms with Crippen LogP contribution < -0.4 is 20.3 Å². The summed E-state index contributed by atoms with van der Waals surface area (Å²) in [6.45, 7) is 1.00. The Hall–Kier alpha value is -4.73. The lowest BCUT2D eigenvalue weighted by atomic mass is 10.2. The highest BCUT2D eigenvalue weighted by atomic mass is 19.1. The zero-order chi connectivity index (χ0) is 24.2. The number of Topliss-reactive ketones (excluding diaryl/α,β-unsaturated/α-hetero) is 1. The van der Waals surface area contributed by atoms with E-state index in [4.69, 9.17) is 4.74 Å². The number of urea groups is 1. The van der Waals surface area contributed by atoms with Gasteiger partial charge in [0.2, 0.25) is 0 Å². The van der Waals surface area contributed by atoms with Gasteiger partial charge in [-0.15, -0.1) is 0 Å². The fourth-order valence-corrected chi connectivity index (χ4v) is 3.74. The van der Waals surface area contributed by atoms with E-state index in [1.54, 1.807) is 48.9 Å². The summed E-state index contributed by atoms with van der Waals surface area (Å²) in [5, 5.41) is 11.9. The average molecular weight is 472 g/mol. The second-order valence-electron chi connectivity index (χ2n) is 7.95. The number of benzene rings is 2. The summed E-state index contributed by atoms with van der Waals surface area (Å²) in [4.78, 5) is 30.3. The van der Waals surface area contributed by atoms with Crippen molar-refractivity contribution in [3.05, 3.63) is 79.0 Å². The molecule has 0 aliphatic carbocycles. The van der Waals surface area contributed by atoms with Crippen LogP contribution in [0.15, 0.2) is 73.2 Å². The predicted octanol–water partition coefficient (Wildman–Crippen LogP) is 4.83. The van der Waals surface area contributed by atoms with Crippen molar-refractivity contribution in [3.8, 4) is 22.8 Å². The molecule has 35 heavy (non-hydrogen) atoms. The Labute approximate surface area is 200 Å². The Bertz CT molecular complexity index is 1380. The molecule has 1 saturated heterocycles. The van der Waals surface area contributed by atoms with Crippen molar-refractivity contribution in [3.63, 3.8) is 0 Å². The highest BCUT2D eigenvalue weighted by molar-refractivity contribution is 6.00. The van der Waals surface area contributed by atoms with E-state index in [0.717, 1.165) is 11.3 Å². The normalized spacial score (nSPS) is 13.1. The number of carbonyl (C=O) groups excluding carboxylic acids is 2. The number of aromatic amines is 1. The van der Waals surface area contributed by atoms with Crippen molar-refractivity contribution in [2.75, 3.05) is 28.6 Å². The molecule has 0 bridgehead atoms. The SMILES string of the molecule is O=C1CCN(c2cccc(NC(=O)Nc3cc(Oc4ccnc(-c5cn[nH]c5)c4)ccc3F)c2)C1. The number of carbonyl (C=O) groups is 2. The van der Waals surface area contributed by atoms with Gasteiger partial charge in [0, 0.05) is 54.4 Å². The lowest BCUT2D eigenvalue weighted by molar-refractivity contribution is -0.116. The van der Waals surface area contributed by atoms with E-state index >= 15 is 0 Å². The number of nitrogens with zero attached hydrogens (tertiary/aromatic N) is 3. The third-order valence-corrected chi connectivity index (χ3v) is 5.44. The van der Waals surface area contributed by atoms with E-state index in [-0.39, 0.29) is 11.5 Å². The van der Waals surface area contributed by atoms with Gasteiger partial charge in [-0.1, -0.05) is 6.07 Å². The van der Waals surface area contributed by atoms with E-state index in [1.165, 1.54) is 18.2 Å². The molecule has 0 saturated carbocycles. The van der Waals surface area contributed by atoms with Gasteiger partial charge in [-0.05, 0) is 36.4 Å². The molecule has 3 heterocycles. The Balaban J connectivity index is 1.26. The molecule has 176 valence electrons. The van der Waals surface area contributed by atoms with Gasteiger partial charge in [0.25, 0.3) is 0 Å². The maximum Gasteiger partial charge on any atom is 0.323 e. The molecule has 2 aromatic carbocycles. The summed E-state index contributed by atoms with van der Waals surface area (Å²) < 4.78 is 20.3. The fraction of sp³-hybridized carbons (Fsp3) is 0.120. The number of ether oxygens (including phenoxy) is 1. The molecule has 4 aromatic rings. The first-order valence-corrected chi connectivity index (χ1v) is 10.9. The van der Waals surface area contributed by atoms with E-state index in [9.17, 15) is 14.0 Å². The first-order chi connectivity index (χ1) is 17.0. The molecule has 0 radical (unpaired) electrons. The van der Waals surface area contributed by atoms with Crippen LogP contribution in [0.4, 0.5) is 26.2 Å². The van der Waals surface area contributed by atoms with Crippen LogP contribution >= 0.6 is 0 Å². The summed E-state index contributed by atoms with van der Waals surface area (Å²) in [7, 11) is 0. The minimum atomic E-state index is -0.609. The van der Waals surface area contributed by atoms with Crippen molar-refractivity contribution >= 4 is 28.9 Å². The molecule has 1 aliphatic rings. The smallest absolute Gasteiger partial charge is 0.323 e. The van der Waals surface area contributed by atoms with Gasteiger partial charge in [0.1, 0.15) is 17.3 Å². The molecule has 1 fully saturated rings. The van der Waals surface area contributed by atoms with Crippen molar-refractivity contribution < 1.29 is 18.7 Å². The molecule has 0 unspecified atom stereocenters. The molecule has 3 N–H and O–H groups in total. The number of anilines is 3. The summed E-state index contributed by atoms with van der Waals surface area (Å²) in [5.74, 6) is 0.413. The molecule has 1 aliphatic heterocycles. The van der Waals surface area contributed by atoms with Gasteiger partial charge in [-0.25, -0.2) is 9.18 Å². The number of aromatic nitrogens is 3. The van der Waals surface area contributed by atoms with Crippen LogP contribution in [0, 0.1) is 5.82 Å². The number of pyridine rings is 1. The standard InChI is InChI=1S/C25H21FN6O3/c26-22-5-4-20(35-21-6-8-27-23(11-21)16-13-28-29-14-16)12-24(22)31-25(34)30-17-2-1-3-18(10-17)32-9-7-19(33)15-32/h1-6,8,10-14H,7,9,15H2,(H,28,29)(H2,30,31,34). The van der Waals surface area contributed by atoms with E-state index in [2.05, 4.69) is 25.8 Å². The maximum absolute atomic E-state index is 14.4. The quantitative estimate of drug-likeness (QED) is 0.371. The van der Waals surface area contributed by atoms with Crippen LogP contribution in [0.25, 0.3) is 11.3 Å². The van der Waals surface area contributed by atoms with Crippen molar-refractivity contribution in [2.24, 2.45) is 0 Å². The number of amides is 2. The Morgan fingerprint density at radius 1 is 1.09 bits per heavy atom. The maximum atomic E-state index is 14.4. The monoisotopic (exact) mass is 472 g/mol. The van der Waals surface area contributed by atoms with E-state index < -0.39 is 11.8 Å². The first kappa shape index (κ1) is 22.1. The summed E-state index contributed by atoms with van der Waals surface area (Å²) >= 11 is 0. The number of nitrogens with one attached hydrogen (secondary N) is 3. The van der Waals surface area contributed by atoms with Crippen molar-refractivity contribution in [1.82, 2.24) is 15.2 Å². The minimum Gasteiger partial charge on any atom is -0.457 e. The van der Waals surface area contributed by atoms with Gasteiger partial charge >= 0.3 is 6.03 Å². The molecule has 9 nitrogen and oxygen atoms in total. The molecule has 2 amide bonds. The lowest BCUT2D eigenvalue weighted by Crippen LogP contribution is -2.22. The topological polar surface area (TPSA) is 112 Å².